The summed E-state index contributed by atoms with van der Waals surface area (Å²) in [6.07, 6.45) is 1.78. The van der Waals surface area contributed by atoms with Crippen molar-refractivity contribution in [2.75, 3.05) is 26.7 Å². The zero-order valence-electron chi connectivity index (χ0n) is 11.0. The van der Waals surface area contributed by atoms with Gasteiger partial charge in [-0.2, -0.15) is 0 Å². The molecule has 2 heterocycles. The van der Waals surface area contributed by atoms with Crippen molar-refractivity contribution in [3.8, 4) is 0 Å². The highest BCUT2D eigenvalue weighted by Gasteiger charge is 2.20. The van der Waals surface area contributed by atoms with Gasteiger partial charge in [0, 0.05) is 38.4 Å². The lowest BCUT2D eigenvalue weighted by molar-refractivity contribution is 0.1000. The number of aromatic nitrogens is 1. The first-order valence-corrected chi connectivity index (χ1v) is 6.64. The molecule has 4 nitrogen and oxygen atoms in total. The van der Waals surface area contributed by atoms with Gasteiger partial charge in [0.25, 0.3) is 0 Å². The van der Waals surface area contributed by atoms with Crippen LogP contribution in [0, 0.1) is 0 Å². The normalized spacial score (nSPS) is 22.0. The van der Waals surface area contributed by atoms with Crippen molar-refractivity contribution in [2.24, 2.45) is 5.73 Å². The SMILES string of the molecule is CC1CN(Cc2ccnc(C(N)=S)c2)CCN1C. The minimum Gasteiger partial charge on any atom is -0.388 e. The number of nitrogens with two attached hydrogens (primary N) is 1. The van der Waals surface area contributed by atoms with Crippen molar-refractivity contribution in [1.82, 2.24) is 14.8 Å². The molecule has 5 heteroatoms. The third-order valence-corrected chi connectivity index (χ3v) is 3.74. The van der Waals surface area contributed by atoms with Crippen LogP contribution in [0.5, 0.6) is 0 Å². The molecule has 0 saturated carbocycles. The van der Waals surface area contributed by atoms with Crippen LogP contribution >= 0.6 is 12.2 Å². The third kappa shape index (κ3) is 3.25. The molecule has 98 valence electrons. The Morgan fingerprint density at radius 3 is 3.00 bits per heavy atom. The van der Waals surface area contributed by atoms with Crippen molar-refractivity contribution in [1.29, 1.82) is 0 Å². The second-order valence-corrected chi connectivity index (χ2v) is 5.42. The highest BCUT2D eigenvalue weighted by molar-refractivity contribution is 7.80. The van der Waals surface area contributed by atoms with Gasteiger partial charge in [0.15, 0.2) is 0 Å². The molecule has 0 radical (unpaired) electrons. The van der Waals surface area contributed by atoms with E-state index in [4.69, 9.17) is 18.0 Å². The minimum absolute atomic E-state index is 0.364. The predicted molar refractivity (Wildman–Crippen MR) is 77.5 cm³/mol. The summed E-state index contributed by atoms with van der Waals surface area (Å²) in [4.78, 5) is 9.38. The van der Waals surface area contributed by atoms with Crippen LogP contribution in [0.25, 0.3) is 0 Å². The summed E-state index contributed by atoms with van der Waals surface area (Å²) in [5.74, 6) is 0. The summed E-state index contributed by atoms with van der Waals surface area (Å²) in [5, 5.41) is 0. The zero-order valence-corrected chi connectivity index (χ0v) is 11.8. The third-order valence-electron chi connectivity index (χ3n) is 3.53. The van der Waals surface area contributed by atoms with Crippen LogP contribution < -0.4 is 5.73 Å². The zero-order chi connectivity index (χ0) is 13.1. The molecule has 18 heavy (non-hydrogen) atoms. The maximum atomic E-state index is 5.60. The number of piperazine rings is 1. The molecule has 1 aliphatic heterocycles. The van der Waals surface area contributed by atoms with Gasteiger partial charge in [-0.25, -0.2) is 0 Å². The second kappa shape index (κ2) is 5.73. The highest BCUT2D eigenvalue weighted by Crippen LogP contribution is 2.12. The average molecular weight is 264 g/mol. The Hall–Kier alpha value is -1.04. The lowest BCUT2D eigenvalue weighted by atomic mass is 10.1. The summed E-state index contributed by atoms with van der Waals surface area (Å²) in [6.45, 7) is 6.52. The predicted octanol–water partition coefficient (Wildman–Crippen LogP) is 0.852. The van der Waals surface area contributed by atoms with Gasteiger partial charge in [-0.15, -0.1) is 0 Å². The lowest BCUT2D eigenvalue weighted by Crippen LogP contribution is -2.49. The first kappa shape index (κ1) is 13.4. The van der Waals surface area contributed by atoms with Crippen LogP contribution in [0.15, 0.2) is 18.3 Å². The number of hydrogen-bond donors (Lipinski definition) is 1. The van der Waals surface area contributed by atoms with Gasteiger partial charge in [0.1, 0.15) is 4.99 Å². The van der Waals surface area contributed by atoms with E-state index in [0.29, 0.717) is 16.7 Å². The number of pyridine rings is 1. The molecule has 0 spiro atoms. The van der Waals surface area contributed by atoms with E-state index in [1.54, 1.807) is 6.20 Å². The van der Waals surface area contributed by atoms with Crippen molar-refractivity contribution in [3.05, 3.63) is 29.6 Å². The molecule has 1 aliphatic rings. The Labute approximate surface area is 114 Å². The molecule has 1 saturated heterocycles. The quantitative estimate of drug-likeness (QED) is 0.820. The first-order chi connectivity index (χ1) is 8.56. The molecular formula is C13H20N4S. The van der Waals surface area contributed by atoms with Gasteiger partial charge < -0.3 is 10.6 Å². The molecule has 0 amide bonds. The molecule has 1 atom stereocenters. The van der Waals surface area contributed by atoms with Crippen molar-refractivity contribution in [2.45, 2.75) is 19.5 Å². The fraction of sp³-hybridized carbons (Fsp3) is 0.538. The number of thiocarbonyl (C=S) groups is 1. The van der Waals surface area contributed by atoms with Gasteiger partial charge in [-0.3, -0.25) is 9.88 Å². The molecule has 2 rings (SSSR count). The van der Waals surface area contributed by atoms with Crippen LogP contribution in [-0.4, -0.2) is 52.5 Å². The molecule has 0 aromatic carbocycles. The van der Waals surface area contributed by atoms with Crippen molar-refractivity contribution in [3.63, 3.8) is 0 Å². The van der Waals surface area contributed by atoms with E-state index in [1.807, 2.05) is 12.1 Å². The van der Waals surface area contributed by atoms with Crippen LogP contribution in [0.1, 0.15) is 18.2 Å². The van der Waals surface area contributed by atoms with E-state index in [-0.39, 0.29) is 0 Å². The number of hydrogen-bond acceptors (Lipinski definition) is 4. The van der Waals surface area contributed by atoms with Crippen LogP contribution in [-0.2, 0) is 6.54 Å². The van der Waals surface area contributed by atoms with E-state index in [0.717, 1.165) is 26.2 Å². The van der Waals surface area contributed by atoms with Crippen LogP contribution in [0.2, 0.25) is 0 Å². The van der Waals surface area contributed by atoms with Gasteiger partial charge in [-0.05, 0) is 31.7 Å². The van der Waals surface area contributed by atoms with E-state index in [1.165, 1.54) is 5.56 Å². The Balaban J connectivity index is 2.01. The van der Waals surface area contributed by atoms with Crippen molar-refractivity contribution >= 4 is 17.2 Å². The van der Waals surface area contributed by atoms with Gasteiger partial charge in [0.2, 0.25) is 0 Å². The van der Waals surface area contributed by atoms with E-state index in [2.05, 4.69) is 28.8 Å². The van der Waals surface area contributed by atoms with Gasteiger partial charge in [0.05, 0.1) is 5.69 Å². The molecule has 2 N–H and O–H groups in total. The maximum absolute atomic E-state index is 5.60. The van der Waals surface area contributed by atoms with Crippen LogP contribution in [0.4, 0.5) is 0 Å². The second-order valence-electron chi connectivity index (χ2n) is 4.98. The average Bonchev–Trinajstić information content (AvgIpc) is 2.34. The Bertz CT molecular complexity index is 435. The molecule has 1 aromatic heterocycles. The molecule has 0 bridgehead atoms. The van der Waals surface area contributed by atoms with E-state index < -0.39 is 0 Å². The number of nitrogens with zero attached hydrogens (tertiary/aromatic N) is 3. The summed E-state index contributed by atoms with van der Waals surface area (Å²) < 4.78 is 0. The highest BCUT2D eigenvalue weighted by atomic mass is 32.1. The Morgan fingerprint density at radius 2 is 2.33 bits per heavy atom. The van der Waals surface area contributed by atoms with Gasteiger partial charge >= 0.3 is 0 Å². The maximum Gasteiger partial charge on any atom is 0.122 e. The molecule has 1 fully saturated rings. The summed E-state index contributed by atoms with van der Waals surface area (Å²) in [5.41, 5.74) is 7.54. The topological polar surface area (TPSA) is 45.4 Å². The Morgan fingerprint density at radius 1 is 1.56 bits per heavy atom. The summed E-state index contributed by atoms with van der Waals surface area (Å²) in [7, 11) is 2.18. The number of likely N-dealkylation sites (N-methyl/N-ethyl adjacent to an activating group) is 1. The minimum atomic E-state index is 0.364. The lowest BCUT2D eigenvalue weighted by Gasteiger charge is -2.37. The smallest absolute Gasteiger partial charge is 0.122 e. The summed E-state index contributed by atoms with van der Waals surface area (Å²) >= 11 is 4.96. The monoisotopic (exact) mass is 264 g/mol. The molecule has 1 unspecified atom stereocenters. The van der Waals surface area contributed by atoms with Crippen molar-refractivity contribution < 1.29 is 0 Å². The van der Waals surface area contributed by atoms with E-state index in [9.17, 15) is 0 Å². The van der Waals surface area contributed by atoms with Gasteiger partial charge in [-0.1, -0.05) is 12.2 Å². The number of rotatable bonds is 3. The fourth-order valence-electron chi connectivity index (χ4n) is 2.23. The van der Waals surface area contributed by atoms with Crippen LogP contribution in [0.3, 0.4) is 0 Å². The summed E-state index contributed by atoms with van der Waals surface area (Å²) in [6, 6.07) is 4.63. The first-order valence-electron chi connectivity index (χ1n) is 6.23. The van der Waals surface area contributed by atoms with E-state index >= 15 is 0 Å². The molecule has 0 aliphatic carbocycles. The molecule has 1 aromatic rings. The largest absolute Gasteiger partial charge is 0.388 e. The fourth-order valence-corrected chi connectivity index (χ4v) is 2.34. The Kier molecular flexibility index (Phi) is 4.27. The standard InChI is InChI=1S/C13H20N4S/c1-10-8-17(6-5-16(10)2)9-11-3-4-15-12(7-11)13(14)18/h3-4,7,10H,5-6,8-9H2,1-2H3,(H2,14,18). The molecular weight excluding hydrogens is 244 g/mol.